The zero-order valence-corrected chi connectivity index (χ0v) is 11.2. The predicted octanol–water partition coefficient (Wildman–Crippen LogP) is 1.42. The monoisotopic (exact) mass is 262 g/mol. The number of nitrogens with one attached hydrogen (secondary N) is 2. The molecule has 2 aliphatic rings. The molecular weight excluding hydrogens is 240 g/mol. The van der Waals surface area contributed by atoms with Gasteiger partial charge in [0.15, 0.2) is 0 Å². The number of hydrogen-bond acceptors (Lipinski definition) is 3. The minimum Gasteiger partial charge on any atom is -0.348 e. The standard InChI is InChI=1S/C14H22N4O/c15-11-5-1-3-9(7-11)14(19)17-12-6-2-4-10-8-16-18-13(10)12/h8-9,11-12H,1-7,15H2,(H,16,18)(H,17,19). The van der Waals surface area contributed by atoms with E-state index >= 15 is 0 Å². The van der Waals surface area contributed by atoms with Crippen molar-refractivity contribution < 1.29 is 4.79 Å². The minimum absolute atomic E-state index is 0.0945. The number of hydrogen-bond donors (Lipinski definition) is 3. The Morgan fingerprint density at radius 2 is 2.26 bits per heavy atom. The van der Waals surface area contributed by atoms with Gasteiger partial charge in [0.1, 0.15) is 0 Å². The quantitative estimate of drug-likeness (QED) is 0.753. The number of nitrogens with two attached hydrogens (primary N) is 1. The molecule has 3 rings (SSSR count). The van der Waals surface area contributed by atoms with E-state index in [-0.39, 0.29) is 23.9 Å². The van der Waals surface area contributed by atoms with Crippen molar-refractivity contribution in [3.05, 3.63) is 17.5 Å². The summed E-state index contributed by atoms with van der Waals surface area (Å²) in [5, 5.41) is 10.3. The number of carbonyl (C=O) groups excluding carboxylic acids is 1. The van der Waals surface area contributed by atoms with Crippen LogP contribution in [0.2, 0.25) is 0 Å². The molecule has 1 amide bonds. The second kappa shape index (κ2) is 5.33. The van der Waals surface area contributed by atoms with Gasteiger partial charge < -0.3 is 11.1 Å². The fourth-order valence-corrected chi connectivity index (χ4v) is 3.36. The highest BCUT2D eigenvalue weighted by molar-refractivity contribution is 5.79. The van der Waals surface area contributed by atoms with E-state index in [4.69, 9.17) is 5.73 Å². The van der Waals surface area contributed by atoms with E-state index in [1.165, 1.54) is 5.56 Å². The first-order valence-corrected chi connectivity index (χ1v) is 7.32. The lowest BCUT2D eigenvalue weighted by atomic mass is 9.85. The molecule has 4 N–H and O–H groups in total. The SMILES string of the molecule is NC1CCCC(C(=O)NC2CCCc3cn[nH]c32)C1. The summed E-state index contributed by atoms with van der Waals surface area (Å²) in [7, 11) is 0. The van der Waals surface area contributed by atoms with Crippen molar-refractivity contribution >= 4 is 5.91 Å². The van der Waals surface area contributed by atoms with Gasteiger partial charge in [-0.3, -0.25) is 9.89 Å². The molecule has 1 saturated carbocycles. The second-order valence-corrected chi connectivity index (χ2v) is 5.89. The van der Waals surface area contributed by atoms with Gasteiger partial charge in [0.25, 0.3) is 0 Å². The van der Waals surface area contributed by atoms with Gasteiger partial charge in [-0.1, -0.05) is 6.42 Å². The van der Waals surface area contributed by atoms with Gasteiger partial charge in [-0.15, -0.1) is 0 Å². The number of H-pyrrole nitrogens is 1. The maximum absolute atomic E-state index is 12.3. The number of amides is 1. The van der Waals surface area contributed by atoms with Crippen LogP contribution in [0.1, 0.15) is 55.8 Å². The van der Waals surface area contributed by atoms with Crippen LogP contribution in [-0.4, -0.2) is 22.1 Å². The molecule has 1 aromatic rings. The van der Waals surface area contributed by atoms with Crippen molar-refractivity contribution in [2.45, 2.75) is 57.0 Å². The Labute approximate surface area is 113 Å². The Morgan fingerprint density at radius 1 is 1.37 bits per heavy atom. The molecule has 5 heteroatoms. The first-order chi connectivity index (χ1) is 9.24. The van der Waals surface area contributed by atoms with Crippen molar-refractivity contribution in [1.82, 2.24) is 15.5 Å². The molecule has 0 bridgehead atoms. The van der Waals surface area contributed by atoms with E-state index in [9.17, 15) is 4.79 Å². The maximum Gasteiger partial charge on any atom is 0.223 e. The third-order valence-corrected chi connectivity index (χ3v) is 4.44. The Hall–Kier alpha value is -1.36. The molecule has 5 nitrogen and oxygen atoms in total. The van der Waals surface area contributed by atoms with Gasteiger partial charge in [-0.2, -0.15) is 5.10 Å². The summed E-state index contributed by atoms with van der Waals surface area (Å²) >= 11 is 0. The molecule has 3 unspecified atom stereocenters. The van der Waals surface area contributed by atoms with E-state index in [1.807, 2.05) is 6.20 Å². The van der Waals surface area contributed by atoms with Crippen LogP contribution in [0.15, 0.2) is 6.20 Å². The summed E-state index contributed by atoms with van der Waals surface area (Å²) < 4.78 is 0. The second-order valence-electron chi connectivity index (χ2n) is 5.89. The van der Waals surface area contributed by atoms with Crippen molar-refractivity contribution in [1.29, 1.82) is 0 Å². The van der Waals surface area contributed by atoms with E-state index in [1.54, 1.807) is 0 Å². The normalized spacial score (nSPS) is 30.7. The highest BCUT2D eigenvalue weighted by Gasteiger charge is 2.29. The van der Waals surface area contributed by atoms with Crippen LogP contribution in [0, 0.1) is 5.92 Å². The van der Waals surface area contributed by atoms with Gasteiger partial charge in [0, 0.05) is 12.0 Å². The van der Waals surface area contributed by atoms with E-state index in [0.717, 1.165) is 50.6 Å². The van der Waals surface area contributed by atoms with Crippen molar-refractivity contribution in [3.63, 3.8) is 0 Å². The van der Waals surface area contributed by atoms with Gasteiger partial charge in [-0.25, -0.2) is 0 Å². The molecule has 2 aliphatic carbocycles. The zero-order chi connectivity index (χ0) is 13.2. The lowest BCUT2D eigenvalue weighted by Gasteiger charge is -2.29. The molecule has 1 fully saturated rings. The highest BCUT2D eigenvalue weighted by Crippen LogP contribution is 2.29. The Balaban J connectivity index is 1.64. The van der Waals surface area contributed by atoms with Crippen molar-refractivity contribution in [2.75, 3.05) is 0 Å². The summed E-state index contributed by atoms with van der Waals surface area (Å²) in [5.74, 6) is 0.264. The third kappa shape index (κ3) is 2.66. The molecule has 3 atom stereocenters. The first-order valence-electron chi connectivity index (χ1n) is 7.32. The first kappa shape index (κ1) is 12.7. The fraction of sp³-hybridized carbons (Fsp3) is 0.714. The molecule has 104 valence electrons. The van der Waals surface area contributed by atoms with Gasteiger partial charge >= 0.3 is 0 Å². The molecule has 0 radical (unpaired) electrons. The lowest BCUT2D eigenvalue weighted by Crippen LogP contribution is -2.40. The zero-order valence-electron chi connectivity index (χ0n) is 11.2. The fourth-order valence-electron chi connectivity index (χ4n) is 3.36. The molecular formula is C14H22N4O. The summed E-state index contributed by atoms with van der Waals surface area (Å²) in [6.45, 7) is 0. The van der Waals surface area contributed by atoms with Crippen molar-refractivity contribution in [3.8, 4) is 0 Å². The van der Waals surface area contributed by atoms with E-state index in [2.05, 4.69) is 15.5 Å². The van der Waals surface area contributed by atoms with E-state index < -0.39 is 0 Å². The van der Waals surface area contributed by atoms with Crippen molar-refractivity contribution in [2.24, 2.45) is 11.7 Å². The summed E-state index contributed by atoms with van der Waals surface area (Å²) in [5.41, 5.74) is 8.30. The molecule has 1 aromatic heterocycles. The molecule has 0 aromatic carbocycles. The van der Waals surface area contributed by atoms with Crippen LogP contribution in [0.3, 0.4) is 0 Å². The van der Waals surface area contributed by atoms with Crippen LogP contribution >= 0.6 is 0 Å². The summed E-state index contributed by atoms with van der Waals surface area (Å²) in [6, 6.07) is 0.301. The Kier molecular flexibility index (Phi) is 3.55. The molecule has 0 spiro atoms. The number of rotatable bonds is 2. The Morgan fingerprint density at radius 3 is 3.11 bits per heavy atom. The Bertz CT molecular complexity index is 456. The third-order valence-electron chi connectivity index (χ3n) is 4.44. The number of nitrogens with zero attached hydrogens (tertiary/aromatic N) is 1. The van der Waals surface area contributed by atoms with Crippen LogP contribution in [0.5, 0.6) is 0 Å². The topological polar surface area (TPSA) is 83.8 Å². The number of aryl methyl sites for hydroxylation is 1. The highest BCUT2D eigenvalue weighted by atomic mass is 16.1. The van der Waals surface area contributed by atoms with E-state index in [0.29, 0.717) is 0 Å². The van der Waals surface area contributed by atoms with Crippen LogP contribution in [0.25, 0.3) is 0 Å². The number of carbonyl (C=O) groups is 1. The number of fused-ring (bicyclic) bond motifs is 1. The molecule has 1 heterocycles. The van der Waals surface area contributed by atoms with Gasteiger partial charge in [0.05, 0.1) is 17.9 Å². The average molecular weight is 262 g/mol. The van der Waals surface area contributed by atoms with Crippen LogP contribution in [0.4, 0.5) is 0 Å². The predicted molar refractivity (Wildman–Crippen MR) is 72.3 cm³/mol. The number of aromatic amines is 1. The summed E-state index contributed by atoms with van der Waals surface area (Å²) in [6.07, 6.45) is 8.98. The maximum atomic E-state index is 12.3. The molecule has 0 aliphatic heterocycles. The number of aromatic nitrogens is 2. The van der Waals surface area contributed by atoms with Gasteiger partial charge in [-0.05, 0) is 44.1 Å². The van der Waals surface area contributed by atoms with Crippen LogP contribution < -0.4 is 11.1 Å². The van der Waals surface area contributed by atoms with Gasteiger partial charge in [0.2, 0.25) is 5.91 Å². The molecule has 19 heavy (non-hydrogen) atoms. The summed E-state index contributed by atoms with van der Waals surface area (Å²) in [4.78, 5) is 12.3. The molecule has 0 saturated heterocycles. The smallest absolute Gasteiger partial charge is 0.223 e. The van der Waals surface area contributed by atoms with Crippen LogP contribution in [-0.2, 0) is 11.2 Å². The lowest BCUT2D eigenvalue weighted by molar-refractivity contribution is -0.127. The largest absolute Gasteiger partial charge is 0.348 e. The average Bonchev–Trinajstić information content (AvgIpc) is 2.88. The minimum atomic E-state index is 0.0945.